The van der Waals surface area contributed by atoms with Crippen LogP contribution in [0.5, 0.6) is 11.5 Å². The van der Waals surface area contributed by atoms with E-state index >= 15 is 0 Å². The van der Waals surface area contributed by atoms with E-state index in [1.165, 1.54) is 0 Å². The number of hydrogen-bond acceptors (Lipinski definition) is 3. The van der Waals surface area contributed by atoms with Crippen molar-refractivity contribution in [1.82, 2.24) is 0 Å². The summed E-state index contributed by atoms with van der Waals surface area (Å²) >= 11 is 3.46. The molecule has 0 aromatic heterocycles. The number of likely N-dealkylation sites (N-methyl/N-ethyl adjacent to an activating group) is 1. The molecular formula is C19H24BrN2O3+. The standard InChI is InChI=1S/C19H23BrN2O3/c1-13-9-15(6-7-16(13)20)21-19(23)12-22(2)11-14-5-8-17(24-3)18(10-14)25-4/h5-10H,11-12H2,1-4H3,(H,21,23)/p+1. The second-order valence-electron chi connectivity index (χ2n) is 6.01. The van der Waals surface area contributed by atoms with Crippen molar-refractivity contribution in [2.24, 2.45) is 0 Å². The number of quaternary nitrogens is 1. The molecule has 0 radical (unpaired) electrons. The number of benzene rings is 2. The summed E-state index contributed by atoms with van der Waals surface area (Å²) in [6.45, 7) is 3.09. The van der Waals surface area contributed by atoms with E-state index in [1.54, 1.807) is 14.2 Å². The monoisotopic (exact) mass is 407 g/mol. The Bertz CT molecular complexity index is 749. The fourth-order valence-corrected chi connectivity index (χ4v) is 2.85. The van der Waals surface area contributed by atoms with Crippen LogP contribution in [-0.2, 0) is 11.3 Å². The Morgan fingerprint density at radius 2 is 1.84 bits per heavy atom. The van der Waals surface area contributed by atoms with E-state index in [2.05, 4.69) is 21.2 Å². The van der Waals surface area contributed by atoms with Crippen LogP contribution in [0.25, 0.3) is 0 Å². The molecule has 2 rings (SSSR count). The summed E-state index contributed by atoms with van der Waals surface area (Å²) in [5.41, 5.74) is 2.98. The van der Waals surface area contributed by atoms with Gasteiger partial charge in [-0.05, 0) is 48.9 Å². The molecule has 2 aromatic rings. The van der Waals surface area contributed by atoms with Crippen LogP contribution < -0.4 is 19.7 Å². The van der Waals surface area contributed by atoms with Crippen LogP contribution in [-0.4, -0.2) is 33.7 Å². The number of ether oxygens (including phenoxy) is 2. The number of rotatable bonds is 7. The van der Waals surface area contributed by atoms with Crippen LogP contribution in [0.4, 0.5) is 5.69 Å². The summed E-state index contributed by atoms with van der Waals surface area (Å²) in [6.07, 6.45) is 0. The lowest BCUT2D eigenvalue weighted by molar-refractivity contribution is -0.885. The van der Waals surface area contributed by atoms with Crippen molar-refractivity contribution >= 4 is 27.5 Å². The zero-order chi connectivity index (χ0) is 18.4. The van der Waals surface area contributed by atoms with Gasteiger partial charge in [-0.2, -0.15) is 0 Å². The molecule has 2 aromatic carbocycles. The lowest BCUT2D eigenvalue weighted by Gasteiger charge is -2.15. The van der Waals surface area contributed by atoms with Gasteiger partial charge in [-0.1, -0.05) is 15.9 Å². The van der Waals surface area contributed by atoms with Crippen molar-refractivity contribution in [3.8, 4) is 11.5 Å². The number of methoxy groups -OCH3 is 2. The van der Waals surface area contributed by atoms with Gasteiger partial charge >= 0.3 is 0 Å². The molecule has 0 spiro atoms. The topological polar surface area (TPSA) is 52.0 Å². The number of amides is 1. The van der Waals surface area contributed by atoms with E-state index in [0.29, 0.717) is 24.6 Å². The normalized spacial score (nSPS) is 11.7. The molecule has 0 aliphatic carbocycles. The number of halogens is 1. The van der Waals surface area contributed by atoms with Crippen molar-refractivity contribution in [3.05, 3.63) is 52.0 Å². The summed E-state index contributed by atoms with van der Waals surface area (Å²) in [7, 11) is 5.22. The number of carbonyl (C=O) groups excluding carboxylic acids is 1. The summed E-state index contributed by atoms with van der Waals surface area (Å²) in [4.78, 5) is 13.3. The van der Waals surface area contributed by atoms with Crippen molar-refractivity contribution < 1.29 is 19.2 Å². The molecular weight excluding hydrogens is 384 g/mol. The molecule has 5 nitrogen and oxygen atoms in total. The van der Waals surface area contributed by atoms with Gasteiger partial charge in [0.15, 0.2) is 18.0 Å². The number of aryl methyl sites for hydroxylation is 1. The zero-order valence-electron chi connectivity index (χ0n) is 15.0. The summed E-state index contributed by atoms with van der Waals surface area (Å²) < 4.78 is 11.6. The van der Waals surface area contributed by atoms with E-state index in [-0.39, 0.29) is 5.91 Å². The summed E-state index contributed by atoms with van der Waals surface area (Å²) in [5, 5.41) is 2.94. The molecule has 0 saturated heterocycles. The third-order valence-electron chi connectivity index (χ3n) is 3.86. The lowest BCUT2D eigenvalue weighted by atomic mass is 10.2. The zero-order valence-corrected chi connectivity index (χ0v) is 16.6. The van der Waals surface area contributed by atoms with Crippen molar-refractivity contribution in [3.63, 3.8) is 0 Å². The third-order valence-corrected chi connectivity index (χ3v) is 4.75. The second-order valence-corrected chi connectivity index (χ2v) is 6.87. The van der Waals surface area contributed by atoms with E-state index in [1.807, 2.05) is 50.4 Å². The van der Waals surface area contributed by atoms with Gasteiger partial charge < -0.3 is 19.7 Å². The van der Waals surface area contributed by atoms with Crippen LogP contribution in [0.1, 0.15) is 11.1 Å². The molecule has 1 amide bonds. The van der Waals surface area contributed by atoms with Crippen molar-refractivity contribution in [2.45, 2.75) is 13.5 Å². The number of nitrogens with one attached hydrogen (secondary N) is 2. The Balaban J connectivity index is 1.94. The maximum atomic E-state index is 12.2. The average Bonchev–Trinajstić information content (AvgIpc) is 2.57. The molecule has 0 bridgehead atoms. The maximum Gasteiger partial charge on any atom is 0.279 e. The van der Waals surface area contributed by atoms with Crippen LogP contribution in [0, 0.1) is 6.92 Å². The molecule has 134 valence electrons. The Morgan fingerprint density at radius 3 is 2.48 bits per heavy atom. The van der Waals surface area contributed by atoms with Crippen LogP contribution in [0.15, 0.2) is 40.9 Å². The first kappa shape index (κ1) is 19.3. The number of anilines is 1. The second kappa shape index (κ2) is 8.87. The van der Waals surface area contributed by atoms with Gasteiger partial charge in [0.2, 0.25) is 0 Å². The van der Waals surface area contributed by atoms with Crippen molar-refractivity contribution in [1.29, 1.82) is 0 Å². The van der Waals surface area contributed by atoms with E-state index in [0.717, 1.165) is 26.2 Å². The maximum absolute atomic E-state index is 12.2. The quantitative estimate of drug-likeness (QED) is 0.740. The predicted octanol–water partition coefficient (Wildman–Crippen LogP) is 2.43. The summed E-state index contributed by atoms with van der Waals surface area (Å²) in [6, 6.07) is 11.6. The van der Waals surface area contributed by atoms with E-state index < -0.39 is 0 Å². The smallest absolute Gasteiger partial charge is 0.279 e. The Morgan fingerprint density at radius 1 is 1.12 bits per heavy atom. The molecule has 0 fully saturated rings. The minimum absolute atomic E-state index is 0.0142. The van der Waals surface area contributed by atoms with Gasteiger partial charge in [-0.3, -0.25) is 4.79 Å². The Hall–Kier alpha value is -2.05. The fourth-order valence-electron chi connectivity index (χ4n) is 2.60. The highest BCUT2D eigenvalue weighted by Gasteiger charge is 2.13. The van der Waals surface area contributed by atoms with Crippen LogP contribution in [0.2, 0.25) is 0 Å². The first-order chi connectivity index (χ1) is 11.9. The van der Waals surface area contributed by atoms with Crippen molar-refractivity contribution in [2.75, 3.05) is 33.1 Å². The lowest BCUT2D eigenvalue weighted by Crippen LogP contribution is -3.08. The molecule has 2 N–H and O–H groups in total. The summed E-state index contributed by atoms with van der Waals surface area (Å²) in [5.74, 6) is 1.38. The molecule has 0 aliphatic rings. The SMILES string of the molecule is COc1ccc(C[NH+](C)CC(=O)Nc2ccc(Br)c(C)c2)cc1OC. The number of hydrogen-bond donors (Lipinski definition) is 2. The first-order valence-electron chi connectivity index (χ1n) is 8.01. The Labute approximate surface area is 157 Å². The van der Waals surface area contributed by atoms with Crippen LogP contribution in [0.3, 0.4) is 0 Å². The largest absolute Gasteiger partial charge is 0.493 e. The molecule has 0 aliphatic heterocycles. The minimum Gasteiger partial charge on any atom is -0.493 e. The van der Waals surface area contributed by atoms with Gasteiger partial charge in [-0.15, -0.1) is 0 Å². The van der Waals surface area contributed by atoms with Gasteiger partial charge in [0.05, 0.1) is 21.3 Å². The van der Waals surface area contributed by atoms with E-state index in [9.17, 15) is 4.79 Å². The predicted molar refractivity (Wildman–Crippen MR) is 103 cm³/mol. The molecule has 25 heavy (non-hydrogen) atoms. The third kappa shape index (κ3) is 5.47. The van der Waals surface area contributed by atoms with Gasteiger partial charge in [0.1, 0.15) is 6.54 Å². The molecule has 6 heteroatoms. The minimum atomic E-state index is -0.0142. The average molecular weight is 408 g/mol. The highest BCUT2D eigenvalue weighted by molar-refractivity contribution is 9.10. The molecule has 0 saturated carbocycles. The van der Waals surface area contributed by atoms with Crippen LogP contribution >= 0.6 is 15.9 Å². The first-order valence-corrected chi connectivity index (χ1v) is 8.80. The fraction of sp³-hybridized carbons (Fsp3) is 0.316. The molecule has 1 atom stereocenters. The van der Waals surface area contributed by atoms with Gasteiger partial charge in [0, 0.05) is 15.7 Å². The van der Waals surface area contributed by atoms with Gasteiger partial charge in [-0.25, -0.2) is 0 Å². The van der Waals surface area contributed by atoms with E-state index in [4.69, 9.17) is 9.47 Å². The highest BCUT2D eigenvalue weighted by Crippen LogP contribution is 2.27. The Kier molecular flexibility index (Phi) is 6.84. The van der Waals surface area contributed by atoms with Gasteiger partial charge in [0.25, 0.3) is 5.91 Å². The number of carbonyl (C=O) groups is 1. The molecule has 1 unspecified atom stereocenters. The highest BCUT2D eigenvalue weighted by atomic mass is 79.9. The molecule has 0 heterocycles.